The van der Waals surface area contributed by atoms with Gasteiger partial charge in [0.2, 0.25) is 5.91 Å². The fourth-order valence-corrected chi connectivity index (χ4v) is 3.45. The number of piperazine rings is 1. The first kappa shape index (κ1) is 15.3. The standard InChI is InChI=1S/C18H27N3O/c1-15-3-5-17(6-4-15)20-11-13-21(14-12-20)18(22)16-7-9-19(2)10-8-16/h3-6,16H,7-14H2,1-2H3. The fourth-order valence-electron chi connectivity index (χ4n) is 3.45. The van der Waals surface area contributed by atoms with Crippen molar-refractivity contribution in [1.29, 1.82) is 0 Å². The molecule has 120 valence electrons. The van der Waals surface area contributed by atoms with Crippen molar-refractivity contribution in [3.05, 3.63) is 29.8 Å². The topological polar surface area (TPSA) is 26.8 Å². The second-order valence-electron chi connectivity index (χ2n) is 6.73. The second kappa shape index (κ2) is 6.69. The zero-order valence-corrected chi connectivity index (χ0v) is 13.8. The number of anilines is 1. The lowest BCUT2D eigenvalue weighted by molar-refractivity contribution is -0.137. The van der Waals surface area contributed by atoms with Crippen molar-refractivity contribution in [1.82, 2.24) is 9.80 Å². The predicted molar refractivity (Wildman–Crippen MR) is 90.2 cm³/mol. The van der Waals surface area contributed by atoms with Crippen LogP contribution < -0.4 is 4.90 Å². The molecule has 0 radical (unpaired) electrons. The molecule has 0 saturated carbocycles. The van der Waals surface area contributed by atoms with E-state index in [1.165, 1.54) is 11.3 Å². The molecule has 4 heteroatoms. The number of carbonyl (C=O) groups is 1. The van der Waals surface area contributed by atoms with E-state index in [0.717, 1.165) is 52.1 Å². The van der Waals surface area contributed by atoms with Gasteiger partial charge in [0, 0.05) is 37.8 Å². The van der Waals surface area contributed by atoms with E-state index in [2.05, 4.69) is 52.9 Å². The third-order valence-electron chi connectivity index (χ3n) is 5.06. The highest BCUT2D eigenvalue weighted by Crippen LogP contribution is 2.21. The number of carbonyl (C=O) groups excluding carboxylic acids is 1. The molecule has 0 unspecified atom stereocenters. The van der Waals surface area contributed by atoms with E-state index in [9.17, 15) is 4.79 Å². The summed E-state index contributed by atoms with van der Waals surface area (Å²) in [5.74, 6) is 0.638. The Morgan fingerprint density at radius 3 is 2.14 bits per heavy atom. The quantitative estimate of drug-likeness (QED) is 0.836. The monoisotopic (exact) mass is 301 g/mol. The SMILES string of the molecule is Cc1ccc(N2CCN(C(=O)C3CCN(C)CC3)CC2)cc1. The minimum absolute atomic E-state index is 0.252. The van der Waals surface area contributed by atoms with Crippen molar-refractivity contribution >= 4 is 11.6 Å². The van der Waals surface area contributed by atoms with E-state index in [-0.39, 0.29) is 5.92 Å². The Morgan fingerprint density at radius 2 is 1.55 bits per heavy atom. The Kier molecular flexibility index (Phi) is 4.67. The van der Waals surface area contributed by atoms with E-state index in [4.69, 9.17) is 0 Å². The smallest absolute Gasteiger partial charge is 0.225 e. The lowest BCUT2D eigenvalue weighted by Crippen LogP contribution is -2.51. The van der Waals surface area contributed by atoms with Crippen LogP contribution in [0.2, 0.25) is 0 Å². The number of hydrogen-bond acceptors (Lipinski definition) is 3. The highest BCUT2D eigenvalue weighted by molar-refractivity contribution is 5.79. The van der Waals surface area contributed by atoms with Gasteiger partial charge in [0.05, 0.1) is 0 Å². The molecule has 22 heavy (non-hydrogen) atoms. The number of aryl methyl sites for hydroxylation is 1. The molecule has 2 heterocycles. The first-order valence-corrected chi connectivity index (χ1v) is 8.42. The van der Waals surface area contributed by atoms with Gasteiger partial charge in [0.25, 0.3) is 0 Å². The first-order chi connectivity index (χ1) is 10.6. The molecule has 0 N–H and O–H groups in total. The molecule has 1 amide bonds. The Bertz CT molecular complexity index is 498. The van der Waals surface area contributed by atoms with Gasteiger partial charge in [0.15, 0.2) is 0 Å². The highest BCUT2D eigenvalue weighted by Gasteiger charge is 2.29. The molecule has 2 aliphatic rings. The summed E-state index contributed by atoms with van der Waals surface area (Å²) in [6.45, 7) is 7.84. The average molecular weight is 301 g/mol. The van der Waals surface area contributed by atoms with Crippen LogP contribution in [0.25, 0.3) is 0 Å². The number of hydrogen-bond donors (Lipinski definition) is 0. The second-order valence-corrected chi connectivity index (χ2v) is 6.73. The Labute approximate surface area is 133 Å². The molecule has 0 spiro atoms. The van der Waals surface area contributed by atoms with Crippen LogP contribution in [0.3, 0.4) is 0 Å². The maximum absolute atomic E-state index is 12.6. The van der Waals surface area contributed by atoms with Gasteiger partial charge < -0.3 is 14.7 Å². The van der Waals surface area contributed by atoms with Gasteiger partial charge in [-0.05, 0) is 52.0 Å². The van der Waals surface area contributed by atoms with Gasteiger partial charge in [-0.2, -0.15) is 0 Å². The summed E-state index contributed by atoms with van der Waals surface area (Å²) >= 11 is 0. The van der Waals surface area contributed by atoms with Crippen molar-refractivity contribution in [2.24, 2.45) is 5.92 Å². The molecule has 0 bridgehead atoms. The van der Waals surface area contributed by atoms with Crippen LogP contribution in [0, 0.1) is 12.8 Å². The van der Waals surface area contributed by atoms with Crippen molar-refractivity contribution in [3.8, 4) is 0 Å². The van der Waals surface area contributed by atoms with Gasteiger partial charge in [-0.3, -0.25) is 4.79 Å². The minimum atomic E-state index is 0.252. The van der Waals surface area contributed by atoms with Gasteiger partial charge in [-0.1, -0.05) is 17.7 Å². The molecular weight excluding hydrogens is 274 g/mol. The molecule has 3 rings (SSSR count). The summed E-state index contributed by atoms with van der Waals surface area (Å²) in [4.78, 5) is 19.4. The zero-order valence-electron chi connectivity index (χ0n) is 13.8. The maximum Gasteiger partial charge on any atom is 0.225 e. The molecule has 1 aromatic carbocycles. The van der Waals surface area contributed by atoms with E-state index in [1.807, 2.05) is 0 Å². The van der Waals surface area contributed by atoms with Crippen LogP contribution in [0.1, 0.15) is 18.4 Å². The van der Waals surface area contributed by atoms with Crippen LogP contribution >= 0.6 is 0 Å². The largest absolute Gasteiger partial charge is 0.368 e. The highest BCUT2D eigenvalue weighted by atomic mass is 16.2. The van der Waals surface area contributed by atoms with Crippen molar-refractivity contribution in [3.63, 3.8) is 0 Å². The van der Waals surface area contributed by atoms with Gasteiger partial charge in [0.1, 0.15) is 0 Å². The Morgan fingerprint density at radius 1 is 0.955 bits per heavy atom. The Balaban J connectivity index is 1.53. The van der Waals surface area contributed by atoms with E-state index in [1.54, 1.807) is 0 Å². The third kappa shape index (κ3) is 3.43. The number of likely N-dealkylation sites (tertiary alicyclic amines) is 1. The Hall–Kier alpha value is -1.55. The molecule has 2 fully saturated rings. The van der Waals surface area contributed by atoms with Gasteiger partial charge >= 0.3 is 0 Å². The van der Waals surface area contributed by atoms with Crippen molar-refractivity contribution < 1.29 is 4.79 Å². The molecular formula is C18H27N3O. The average Bonchev–Trinajstić information content (AvgIpc) is 2.56. The van der Waals surface area contributed by atoms with Crippen LogP contribution in [-0.4, -0.2) is 62.0 Å². The number of rotatable bonds is 2. The lowest BCUT2D eigenvalue weighted by atomic mass is 9.95. The molecule has 1 aromatic rings. The van der Waals surface area contributed by atoms with Crippen LogP contribution in [0.15, 0.2) is 24.3 Å². The third-order valence-corrected chi connectivity index (χ3v) is 5.06. The summed E-state index contributed by atoms with van der Waals surface area (Å²) in [6.07, 6.45) is 2.04. The van der Waals surface area contributed by atoms with Crippen molar-refractivity contribution in [2.45, 2.75) is 19.8 Å². The molecule has 2 saturated heterocycles. The molecule has 2 aliphatic heterocycles. The number of nitrogens with zero attached hydrogens (tertiary/aromatic N) is 3. The number of amides is 1. The van der Waals surface area contributed by atoms with Gasteiger partial charge in [-0.25, -0.2) is 0 Å². The number of piperidine rings is 1. The molecule has 0 atom stereocenters. The first-order valence-electron chi connectivity index (χ1n) is 8.42. The summed E-state index contributed by atoms with van der Waals surface area (Å²) in [7, 11) is 2.14. The number of benzene rings is 1. The van der Waals surface area contributed by atoms with Crippen LogP contribution in [0.4, 0.5) is 5.69 Å². The molecule has 0 aromatic heterocycles. The summed E-state index contributed by atoms with van der Waals surface area (Å²) in [5.41, 5.74) is 2.57. The zero-order chi connectivity index (χ0) is 15.5. The summed E-state index contributed by atoms with van der Waals surface area (Å²) < 4.78 is 0. The predicted octanol–water partition coefficient (Wildman–Crippen LogP) is 1.99. The van der Waals surface area contributed by atoms with Crippen molar-refractivity contribution in [2.75, 3.05) is 51.2 Å². The molecule has 0 aliphatic carbocycles. The van der Waals surface area contributed by atoms with E-state index in [0.29, 0.717) is 5.91 Å². The summed E-state index contributed by atoms with van der Waals surface area (Å²) in [6, 6.07) is 8.68. The lowest BCUT2D eigenvalue weighted by Gasteiger charge is -2.39. The van der Waals surface area contributed by atoms with E-state index < -0.39 is 0 Å². The normalized spacial score (nSPS) is 21.2. The maximum atomic E-state index is 12.6. The minimum Gasteiger partial charge on any atom is -0.368 e. The summed E-state index contributed by atoms with van der Waals surface area (Å²) in [5, 5.41) is 0. The van der Waals surface area contributed by atoms with Crippen LogP contribution in [0.5, 0.6) is 0 Å². The van der Waals surface area contributed by atoms with E-state index >= 15 is 0 Å². The van der Waals surface area contributed by atoms with Gasteiger partial charge in [-0.15, -0.1) is 0 Å². The molecule has 4 nitrogen and oxygen atoms in total. The van der Waals surface area contributed by atoms with Crippen LogP contribution in [-0.2, 0) is 4.79 Å². The fraction of sp³-hybridized carbons (Fsp3) is 0.611.